The molecule has 3 rings (SSSR count). The zero-order valence-corrected chi connectivity index (χ0v) is 11.2. The molecular formula is C14H19N5. The Kier molecular flexibility index (Phi) is 3.29. The smallest absolute Gasteiger partial charge is 0.246 e. The van der Waals surface area contributed by atoms with E-state index >= 15 is 0 Å². The summed E-state index contributed by atoms with van der Waals surface area (Å²) in [7, 11) is 0. The van der Waals surface area contributed by atoms with E-state index in [-0.39, 0.29) is 0 Å². The van der Waals surface area contributed by atoms with Crippen LogP contribution in [0, 0.1) is 5.92 Å². The molecule has 2 unspecified atom stereocenters. The fourth-order valence-electron chi connectivity index (χ4n) is 2.85. The molecule has 0 radical (unpaired) electrons. The molecular weight excluding hydrogens is 238 g/mol. The third-order valence-corrected chi connectivity index (χ3v) is 3.96. The van der Waals surface area contributed by atoms with Gasteiger partial charge in [-0.05, 0) is 30.9 Å². The fraction of sp³-hybridized carbons (Fsp3) is 0.500. The Balaban J connectivity index is 1.98. The topological polar surface area (TPSA) is 67.9 Å². The van der Waals surface area contributed by atoms with Gasteiger partial charge < -0.3 is 10.6 Å². The lowest BCUT2D eigenvalue weighted by atomic mass is 9.91. The molecule has 1 aliphatic rings. The van der Waals surface area contributed by atoms with Gasteiger partial charge in [0.2, 0.25) is 5.95 Å². The van der Waals surface area contributed by atoms with Crippen LogP contribution in [-0.2, 0) is 0 Å². The SMILES string of the molecule is CC1CCCN(c2nnc3ccccc3n2)C1CN. The average Bonchev–Trinajstić information content (AvgIpc) is 2.46. The summed E-state index contributed by atoms with van der Waals surface area (Å²) in [6, 6.07) is 8.14. The first-order chi connectivity index (χ1) is 9.29. The first-order valence-corrected chi connectivity index (χ1v) is 6.86. The van der Waals surface area contributed by atoms with Crippen molar-refractivity contribution < 1.29 is 0 Å². The minimum Gasteiger partial charge on any atom is -0.335 e. The zero-order chi connectivity index (χ0) is 13.2. The largest absolute Gasteiger partial charge is 0.335 e. The molecule has 1 saturated heterocycles. The molecule has 2 aromatic rings. The molecule has 5 heteroatoms. The van der Waals surface area contributed by atoms with Crippen LogP contribution in [0.4, 0.5) is 5.95 Å². The highest BCUT2D eigenvalue weighted by Crippen LogP contribution is 2.26. The Morgan fingerprint density at radius 2 is 2.05 bits per heavy atom. The van der Waals surface area contributed by atoms with E-state index in [1.165, 1.54) is 6.42 Å². The molecule has 0 amide bonds. The third kappa shape index (κ3) is 2.26. The van der Waals surface area contributed by atoms with Crippen LogP contribution in [0.25, 0.3) is 11.0 Å². The maximum atomic E-state index is 5.92. The van der Waals surface area contributed by atoms with Gasteiger partial charge in [-0.25, -0.2) is 4.98 Å². The molecule has 2 heterocycles. The van der Waals surface area contributed by atoms with Gasteiger partial charge in [0.1, 0.15) is 5.52 Å². The van der Waals surface area contributed by atoms with E-state index in [1.807, 2.05) is 24.3 Å². The Hall–Kier alpha value is -1.75. The van der Waals surface area contributed by atoms with Gasteiger partial charge in [-0.15, -0.1) is 10.2 Å². The Morgan fingerprint density at radius 3 is 2.84 bits per heavy atom. The molecule has 1 fully saturated rings. The molecule has 0 saturated carbocycles. The first kappa shape index (κ1) is 12.3. The summed E-state index contributed by atoms with van der Waals surface area (Å²) in [5, 5.41) is 8.53. The van der Waals surface area contributed by atoms with Crippen LogP contribution in [0.1, 0.15) is 19.8 Å². The van der Waals surface area contributed by atoms with Crippen LogP contribution in [0.5, 0.6) is 0 Å². The number of aromatic nitrogens is 3. The molecule has 1 aromatic heterocycles. The van der Waals surface area contributed by atoms with Crippen molar-refractivity contribution in [2.45, 2.75) is 25.8 Å². The molecule has 1 aliphatic heterocycles. The van der Waals surface area contributed by atoms with Crippen LogP contribution in [0.3, 0.4) is 0 Å². The van der Waals surface area contributed by atoms with Crippen molar-refractivity contribution >= 4 is 17.0 Å². The summed E-state index contributed by atoms with van der Waals surface area (Å²) < 4.78 is 0. The van der Waals surface area contributed by atoms with Gasteiger partial charge in [-0.3, -0.25) is 0 Å². The van der Waals surface area contributed by atoms with Gasteiger partial charge in [0, 0.05) is 19.1 Å². The molecule has 0 bridgehead atoms. The average molecular weight is 257 g/mol. The number of piperidine rings is 1. The van der Waals surface area contributed by atoms with Crippen LogP contribution in [0.2, 0.25) is 0 Å². The van der Waals surface area contributed by atoms with Crippen LogP contribution >= 0.6 is 0 Å². The first-order valence-electron chi connectivity index (χ1n) is 6.86. The van der Waals surface area contributed by atoms with Gasteiger partial charge in [0.05, 0.1) is 5.52 Å². The number of anilines is 1. The molecule has 0 spiro atoms. The number of fused-ring (bicyclic) bond motifs is 1. The summed E-state index contributed by atoms with van der Waals surface area (Å²) in [5.41, 5.74) is 7.64. The summed E-state index contributed by atoms with van der Waals surface area (Å²) in [4.78, 5) is 6.84. The highest BCUT2D eigenvalue weighted by Gasteiger charge is 2.29. The summed E-state index contributed by atoms with van der Waals surface area (Å²) >= 11 is 0. The highest BCUT2D eigenvalue weighted by atomic mass is 15.3. The normalized spacial score (nSPS) is 23.8. The fourth-order valence-corrected chi connectivity index (χ4v) is 2.85. The van der Waals surface area contributed by atoms with Gasteiger partial charge in [0.25, 0.3) is 0 Å². The highest BCUT2D eigenvalue weighted by molar-refractivity contribution is 5.74. The lowest BCUT2D eigenvalue weighted by molar-refractivity contribution is 0.345. The van der Waals surface area contributed by atoms with E-state index in [4.69, 9.17) is 5.73 Å². The summed E-state index contributed by atoms with van der Waals surface area (Å²) in [5.74, 6) is 1.29. The van der Waals surface area contributed by atoms with Gasteiger partial charge in [-0.2, -0.15) is 0 Å². The van der Waals surface area contributed by atoms with E-state index in [1.54, 1.807) is 0 Å². The van der Waals surface area contributed by atoms with Crippen LogP contribution < -0.4 is 10.6 Å². The maximum Gasteiger partial charge on any atom is 0.246 e. The predicted molar refractivity (Wildman–Crippen MR) is 75.9 cm³/mol. The minimum absolute atomic E-state index is 0.316. The van der Waals surface area contributed by atoms with E-state index in [0.717, 1.165) is 24.0 Å². The molecule has 5 nitrogen and oxygen atoms in total. The van der Waals surface area contributed by atoms with Crippen molar-refractivity contribution in [1.29, 1.82) is 0 Å². The van der Waals surface area contributed by atoms with Crippen molar-refractivity contribution in [1.82, 2.24) is 15.2 Å². The van der Waals surface area contributed by atoms with E-state index in [9.17, 15) is 0 Å². The number of rotatable bonds is 2. The molecule has 19 heavy (non-hydrogen) atoms. The van der Waals surface area contributed by atoms with Crippen LogP contribution in [0.15, 0.2) is 24.3 Å². The molecule has 0 aliphatic carbocycles. The van der Waals surface area contributed by atoms with Crippen LogP contribution in [-0.4, -0.2) is 34.3 Å². The van der Waals surface area contributed by atoms with Crippen molar-refractivity contribution in [2.75, 3.05) is 18.0 Å². The second-order valence-electron chi connectivity index (χ2n) is 5.22. The van der Waals surface area contributed by atoms with Crippen molar-refractivity contribution in [3.63, 3.8) is 0 Å². The van der Waals surface area contributed by atoms with E-state index in [0.29, 0.717) is 24.5 Å². The second kappa shape index (κ2) is 5.09. The summed E-state index contributed by atoms with van der Waals surface area (Å²) in [6.45, 7) is 3.85. The monoisotopic (exact) mass is 257 g/mol. The Labute approximate surface area is 112 Å². The molecule has 1 aromatic carbocycles. The predicted octanol–water partition coefficient (Wildman–Crippen LogP) is 1.59. The molecule has 2 atom stereocenters. The minimum atomic E-state index is 0.316. The van der Waals surface area contributed by atoms with E-state index < -0.39 is 0 Å². The number of nitrogens with zero attached hydrogens (tertiary/aromatic N) is 4. The van der Waals surface area contributed by atoms with Crippen molar-refractivity contribution in [3.05, 3.63) is 24.3 Å². The number of nitrogens with two attached hydrogens (primary N) is 1. The Morgan fingerprint density at radius 1 is 1.26 bits per heavy atom. The number of hydrogen-bond acceptors (Lipinski definition) is 5. The van der Waals surface area contributed by atoms with Crippen molar-refractivity contribution in [3.8, 4) is 0 Å². The number of para-hydroxylation sites is 1. The quantitative estimate of drug-likeness (QED) is 0.884. The lowest BCUT2D eigenvalue weighted by Crippen LogP contribution is -2.49. The van der Waals surface area contributed by atoms with Gasteiger partial charge in [-0.1, -0.05) is 19.1 Å². The second-order valence-corrected chi connectivity index (χ2v) is 5.22. The Bertz CT molecular complexity index is 571. The molecule has 2 N–H and O–H groups in total. The third-order valence-electron chi connectivity index (χ3n) is 3.96. The molecule has 100 valence electrons. The lowest BCUT2D eigenvalue weighted by Gasteiger charge is -2.39. The zero-order valence-electron chi connectivity index (χ0n) is 11.2. The van der Waals surface area contributed by atoms with Gasteiger partial charge >= 0.3 is 0 Å². The summed E-state index contributed by atoms with van der Waals surface area (Å²) in [6.07, 6.45) is 2.38. The standard InChI is InChI=1S/C14H19N5/c1-10-5-4-8-19(13(10)9-15)14-16-11-6-2-3-7-12(11)17-18-14/h2-3,6-7,10,13H,4-5,8-9,15H2,1H3. The van der Waals surface area contributed by atoms with E-state index in [2.05, 4.69) is 27.0 Å². The number of hydrogen-bond donors (Lipinski definition) is 1. The number of benzene rings is 1. The maximum absolute atomic E-state index is 5.92. The van der Waals surface area contributed by atoms with Gasteiger partial charge in [0.15, 0.2) is 0 Å². The van der Waals surface area contributed by atoms with Crippen molar-refractivity contribution in [2.24, 2.45) is 11.7 Å².